The number of hydrogen-bond donors (Lipinski definition) is 1. The second-order valence-corrected chi connectivity index (χ2v) is 6.53. The van der Waals surface area contributed by atoms with Crippen molar-refractivity contribution in [1.82, 2.24) is 9.78 Å². The molecule has 1 amide bonds. The van der Waals surface area contributed by atoms with Crippen LogP contribution < -0.4 is 5.32 Å². The first kappa shape index (κ1) is 18.7. The molecule has 0 spiro atoms. The largest absolute Gasteiger partial charge is 0.416 e. The zero-order valence-corrected chi connectivity index (χ0v) is 14.7. The Balaban J connectivity index is 1.93. The monoisotopic (exact) mass is 387 g/mol. The van der Waals surface area contributed by atoms with Crippen molar-refractivity contribution in [2.45, 2.75) is 25.9 Å². The number of rotatable bonds is 3. The van der Waals surface area contributed by atoms with Crippen molar-refractivity contribution < 1.29 is 22.7 Å². The number of amides is 1. The predicted molar refractivity (Wildman–Crippen MR) is 90.5 cm³/mol. The first-order chi connectivity index (χ1) is 12.3. The van der Waals surface area contributed by atoms with Gasteiger partial charge in [0.1, 0.15) is 5.82 Å². The second kappa shape index (κ2) is 7.28. The van der Waals surface area contributed by atoms with Gasteiger partial charge in [-0.05, 0) is 38.0 Å². The summed E-state index contributed by atoms with van der Waals surface area (Å²) in [4.78, 5) is 12.5. The van der Waals surface area contributed by atoms with Crippen molar-refractivity contribution in [2.75, 3.05) is 18.5 Å². The normalized spacial score (nSPS) is 15.9. The summed E-state index contributed by atoms with van der Waals surface area (Å²) in [5, 5.41) is 7.04. The molecule has 26 heavy (non-hydrogen) atoms. The van der Waals surface area contributed by atoms with Crippen molar-refractivity contribution in [2.24, 2.45) is 5.92 Å². The number of carbonyl (C=O) groups excluding carboxylic acids is 1. The molecule has 9 heteroatoms. The molecule has 0 radical (unpaired) electrons. The molecule has 0 saturated carbocycles. The first-order valence-corrected chi connectivity index (χ1v) is 8.46. The smallest absolute Gasteiger partial charge is 0.381 e. The maximum absolute atomic E-state index is 13.0. The summed E-state index contributed by atoms with van der Waals surface area (Å²) in [5.74, 6) is -0.137. The molecule has 1 aromatic carbocycles. The van der Waals surface area contributed by atoms with E-state index >= 15 is 0 Å². The van der Waals surface area contributed by atoms with Gasteiger partial charge in [-0.15, -0.1) is 0 Å². The van der Waals surface area contributed by atoms with Gasteiger partial charge >= 0.3 is 6.18 Å². The lowest BCUT2D eigenvalue weighted by Gasteiger charge is -2.21. The maximum atomic E-state index is 13.0. The van der Waals surface area contributed by atoms with E-state index in [1.807, 2.05) is 0 Å². The highest BCUT2D eigenvalue weighted by Crippen LogP contribution is 2.34. The van der Waals surface area contributed by atoms with Gasteiger partial charge in [0, 0.05) is 25.2 Å². The van der Waals surface area contributed by atoms with Gasteiger partial charge in [-0.2, -0.15) is 18.3 Å². The zero-order valence-electron chi connectivity index (χ0n) is 13.9. The molecule has 1 aliphatic rings. The van der Waals surface area contributed by atoms with Crippen LogP contribution in [0.4, 0.5) is 19.0 Å². The number of alkyl halides is 3. The van der Waals surface area contributed by atoms with Gasteiger partial charge in [-0.3, -0.25) is 4.79 Å². The Hall–Kier alpha value is -2.06. The third-order valence-corrected chi connectivity index (χ3v) is 4.50. The second-order valence-electron chi connectivity index (χ2n) is 6.12. The Morgan fingerprint density at radius 1 is 1.31 bits per heavy atom. The van der Waals surface area contributed by atoms with Crippen LogP contribution >= 0.6 is 11.6 Å². The summed E-state index contributed by atoms with van der Waals surface area (Å²) in [6.07, 6.45) is -3.31. The number of halogens is 4. The molecule has 1 saturated heterocycles. The summed E-state index contributed by atoms with van der Waals surface area (Å²) in [6, 6.07) is 4.58. The number of nitrogens with zero attached hydrogens (tertiary/aromatic N) is 2. The van der Waals surface area contributed by atoms with Gasteiger partial charge in [-0.25, -0.2) is 4.68 Å². The van der Waals surface area contributed by atoms with Crippen LogP contribution in [0.1, 0.15) is 24.1 Å². The lowest BCUT2D eigenvalue weighted by molar-refractivity contribution is -0.137. The van der Waals surface area contributed by atoms with Gasteiger partial charge in [0.2, 0.25) is 5.91 Å². The average Bonchev–Trinajstić information content (AvgIpc) is 2.95. The van der Waals surface area contributed by atoms with Gasteiger partial charge < -0.3 is 10.1 Å². The summed E-state index contributed by atoms with van der Waals surface area (Å²) in [6.45, 7) is 2.70. The zero-order chi connectivity index (χ0) is 18.9. The molecular weight excluding hydrogens is 371 g/mol. The average molecular weight is 388 g/mol. The number of benzene rings is 1. The summed E-state index contributed by atoms with van der Waals surface area (Å²) >= 11 is 6.09. The highest BCUT2D eigenvalue weighted by Gasteiger charge is 2.31. The van der Waals surface area contributed by atoms with E-state index in [1.165, 1.54) is 10.7 Å². The number of carbonyl (C=O) groups is 1. The van der Waals surface area contributed by atoms with Crippen LogP contribution in [0.5, 0.6) is 0 Å². The van der Waals surface area contributed by atoms with Crippen molar-refractivity contribution in [1.29, 1.82) is 0 Å². The fourth-order valence-corrected chi connectivity index (χ4v) is 3.01. The first-order valence-electron chi connectivity index (χ1n) is 8.08. The van der Waals surface area contributed by atoms with Gasteiger partial charge in [0.05, 0.1) is 22.0 Å². The van der Waals surface area contributed by atoms with E-state index in [0.717, 1.165) is 12.1 Å². The van der Waals surface area contributed by atoms with E-state index in [1.54, 1.807) is 13.0 Å². The molecule has 1 aliphatic heterocycles. The van der Waals surface area contributed by atoms with Crippen LogP contribution in [-0.4, -0.2) is 28.9 Å². The van der Waals surface area contributed by atoms with E-state index in [4.69, 9.17) is 16.3 Å². The number of anilines is 1. The van der Waals surface area contributed by atoms with E-state index in [-0.39, 0.29) is 28.4 Å². The molecule has 0 aliphatic carbocycles. The van der Waals surface area contributed by atoms with Crippen LogP contribution in [0.15, 0.2) is 24.3 Å². The molecule has 1 aromatic heterocycles. The van der Waals surface area contributed by atoms with E-state index in [9.17, 15) is 18.0 Å². The van der Waals surface area contributed by atoms with Crippen molar-refractivity contribution in [3.05, 3.63) is 40.5 Å². The van der Waals surface area contributed by atoms with Crippen molar-refractivity contribution >= 4 is 23.3 Å². The van der Waals surface area contributed by atoms with Gasteiger partial charge in [0.25, 0.3) is 0 Å². The Bertz CT molecular complexity index is 814. The molecule has 0 atom stereocenters. The van der Waals surface area contributed by atoms with Crippen molar-refractivity contribution in [3.8, 4) is 5.69 Å². The summed E-state index contributed by atoms with van der Waals surface area (Å²) in [7, 11) is 0. The molecule has 1 N–H and O–H groups in total. The highest BCUT2D eigenvalue weighted by molar-refractivity contribution is 6.32. The van der Waals surface area contributed by atoms with E-state index < -0.39 is 11.7 Å². The number of aryl methyl sites for hydroxylation is 1. The van der Waals surface area contributed by atoms with Crippen LogP contribution in [0.2, 0.25) is 5.02 Å². The van der Waals surface area contributed by atoms with Gasteiger partial charge in [0.15, 0.2) is 0 Å². The lowest BCUT2D eigenvalue weighted by atomic mass is 9.99. The molecule has 0 bridgehead atoms. The quantitative estimate of drug-likeness (QED) is 0.858. The summed E-state index contributed by atoms with van der Waals surface area (Å²) < 4.78 is 45.5. The number of ether oxygens (including phenoxy) is 1. The fourth-order valence-electron chi connectivity index (χ4n) is 2.81. The molecule has 5 nitrogen and oxygen atoms in total. The van der Waals surface area contributed by atoms with Crippen LogP contribution in [0.25, 0.3) is 5.69 Å². The van der Waals surface area contributed by atoms with Crippen LogP contribution in [0, 0.1) is 12.8 Å². The topological polar surface area (TPSA) is 56.1 Å². The number of nitrogens with one attached hydrogen (secondary N) is 1. The Labute approximate surface area is 153 Å². The highest BCUT2D eigenvalue weighted by atomic mass is 35.5. The minimum atomic E-state index is -4.51. The minimum absolute atomic E-state index is 0.0527. The van der Waals surface area contributed by atoms with Crippen LogP contribution in [0.3, 0.4) is 0 Å². The molecule has 140 valence electrons. The molecule has 2 aromatic rings. The van der Waals surface area contributed by atoms with E-state index in [0.29, 0.717) is 31.7 Å². The molecule has 3 rings (SSSR count). The third-order valence-electron chi connectivity index (χ3n) is 4.18. The standard InChI is InChI=1S/C17H17ClF3N3O2/c1-10-8-15(22-16(25)11-4-6-26-7-5-11)24(23-10)14-9-12(17(19,20)21)2-3-13(14)18/h2-3,8-9,11H,4-7H2,1H3,(H,22,25). The maximum Gasteiger partial charge on any atom is 0.416 e. The molecule has 1 fully saturated rings. The Morgan fingerprint density at radius 2 is 2.00 bits per heavy atom. The minimum Gasteiger partial charge on any atom is -0.381 e. The van der Waals surface area contributed by atoms with E-state index in [2.05, 4.69) is 10.4 Å². The summed E-state index contributed by atoms with van der Waals surface area (Å²) in [5.41, 5.74) is -0.246. The third kappa shape index (κ3) is 4.02. The lowest BCUT2D eigenvalue weighted by Crippen LogP contribution is -2.29. The number of aromatic nitrogens is 2. The van der Waals surface area contributed by atoms with Gasteiger partial charge in [-0.1, -0.05) is 11.6 Å². The Morgan fingerprint density at radius 3 is 2.65 bits per heavy atom. The molecular formula is C17H17ClF3N3O2. The molecule has 2 heterocycles. The van der Waals surface area contributed by atoms with Crippen molar-refractivity contribution in [3.63, 3.8) is 0 Å². The predicted octanol–water partition coefficient (Wildman–Crippen LogP) is 4.22. The SMILES string of the molecule is Cc1cc(NC(=O)C2CCOCC2)n(-c2cc(C(F)(F)F)ccc2Cl)n1. The van der Waals surface area contributed by atoms with Crippen LogP contribution in [-0.2, 0) is 15.7 Å². The molecule has 0 unspecified atom stereocenters. The number of hydrogen-bond acceptors (Lipinski definition) is 3. The Kier molecular flexibility index (Phi) is 5.24. The fraction of sp³-hybridized carbons (Fsp3) is 0.412.